The predicted octanol–water partition coefficient (Wildman–Crippen LogP) is 2.79. The molecule has 70 valence electrons. The van der Waals surface area contributed by atoms with Crippen molar-refractivity contribution in [1.29, 1.82) is 0 Å². The molecule has 1 aromatic rings. The van der Waals surface area contributed by atoms with Crippen molar-refractivity contribution < 1.29 is 0 Å². The Labute approximate surface area is 79.4 Å². The topological polar surface area (TPSA) is 25.8 Å². The summed E-state index contributed by atoms with van der Waals surface area (Å²) in [5.41, 5.74) is 2.44. The number of nitrogens with zero attached hydrogens (tertiary/aromatic N) is 2. The van der Waals surface area contributed by atoms with E-state index in [1.807, 2.05) is 6.20 Å². The molecule has 1 aromatic heterocycles. The Morgan fingerprint density at radius 1 is 1.38 bits per heavy atom. The van der Waals surface area contributed by atoms with Crippen molar-refractivity contribution in [3.05, 3.63) is 23.3 Å². The molecule has 2 nitrogen and oxygen atoms in total. The maximum atomic E-state index is 4.62. The lowest BCUT2D eigenvalue weighted by Gasteiger charge is -2.09. The molecule has 0 N–H and O–H groups in total. The highest BCUT2D eigenvalue weighted by Crippen LogP contribution is 2.38. The van der Waals surface area contributed by atoms with Crippen molar-refractivity contribution in [2.45, 2.75) is 45.4 Å². The van der Waals surface area contributed by atoms with Crippen LogP contribution in [-0.4, -0.2) is 9.97 Å². The van der Waals surface area contributed by atoms with Crippen molar-refractivity contribution in [2.75, 3.05) is 0 Å². The van der Waals surface area contributed by atoms with Crippen molar-refractivity contribution in [3.8, 4) is 0 Å². The van der Waals surface area contributed by atoms with E-state index in [0.29, 0.717) is 11.8 Å². The first kappa shape index (κ1) is 8.67. The summed E-state index contributed by atoms with van der Waals surface area (Å²) in [6.45, 7) is 6.46. The van der Waals surface area contributed by atoms with E-state index in [1.165, 1.54) is 24.1 Å². The molecule has 0 bridgehead atoms. The molecule has 0 amide bonds. The third kappa shape index (κ3) is 1.71. The molecule has 1 aliphatic rings. The van der Waals surface area contributed by atoms with Gasteiger partial charge in [-0.05, 0) is 31.2 Å². The SMILES string of the molecule is Cc1cnc(C2CC2)nc1C(C)C. The highest BCUT2D eigenvalue weighted by molar-refractivity contribution is 5.21. The molecular weight excluding hydrogens is 160 g/mol. The van der Waals surface area contributed by atoms with Crippen LogP contribution in [0.25, 0.3) is 0 Å². The molecule has 2 heteroatoms. The van der Waals surface area contributed by atoms with E-state index in [1.54, 1.807) is 0 Å². The molecule has 0 saturated heterocycles. The molecule has 0 aromatic carbocycles. The lowest BCUT2D eigenvalue weighted by Crippen LogP contribution is -2.02. The fourth-order valence-corrected chi connectivity index (χ4v) is 1.59. The number of rotatable bonds is 2. The Hall–Kier alpha value is -0.920. The van der Waals surface area contributed by atoms with Crippen molar-refractivity contribution in [1.82, 2.24) is 9.97 Å². The third-order valence-corrected chi connectivity index (χ3v) is 2.52. The van der Waals surface area contributed by atoms with Crippen molar-refractivity contribution in [2.24, 2.45) is 0 Å². The van der Waals surface area contributed by atoms with Gasteiger partial charge in [-0.3, -0.25) is 0 Å². The maximum absolute atomic E-state index is 4.62. The van der Waals surface area contributed by atoms with Crippen LogP contribution in [-0.2, 0) is 0 Å². The fourth-order valence-electron chi connectivity index (χ4n) is 1.59. The van der Waals surface area contributed by atoms with E-state index in [9.17, 15) is 0 Å². The van der Waals surface area contributed by atoms with Gasteiger partial charge in [-0.1, -0.05) is 13.8 Å². The maximum Gasteiger partial charge on any atom is 0.131 e. The van der Waals surface area contributed by atoms with Crippen LogP contribution in [0.4, 0.5) is 0 Å². The summed E-state index contributed by atoms with van der Waals surface area (Å²) in [6.07, 6.45) is 4.52. The van der Waals surface area contributed by atoms with Gasteiger partial charge in [0.05, 0.1) is 0 Å². The van der Waals surface area contributed by atoms with Gasteiger partial charge in [0.15, 0.2) is 0 Å². The largest absolute Gasteiger partial charge is 0.241 e. The zero-order chi connectivity index (χ0) is 9.42. The second-order valence-corrected chi connectivity index (χ2v) is 4.23. The number of hydrogen-bond donors (Lipinski definition) is 0. The van der Waals surface area contributed by atoms with Gasteiger partial charge in [-0.25, -0.2) is 9.97 Å². The summed E-state index contributed by atoms with van der Waals surface area (Å²) in [4.78, 5) is 8.99. The first-order chi connectivity index (χ1) is 6.18. The Bertz CT molecular complexity index is 314. The first-order valence-corrected chi connectivity index (χ1v) is 5.02. The molecule has 0 unspecified atom stereocenters. The van der Waals surface area contributed by atoms with Crippen LogP contribution < -0.4 is 0 Å². The summed E-state index contributed by atoms with van der Waals surface area (Å²) >= 11 is 0. The Morgan fingerprint density at radius 2 is 2.08 bits per heavy atom. The Balaban J connectivity index is 2.36. The van der Waals surface area contributed by atoms with Gasteiger partial charge in [-0.2, -0.15) is 0 Å². The summed E-state index contributed by atoms with van der Waals surface area (Å²) in [5.74, 6) is 2.24. The van der Waals surface area contributed by atoms with E-state index >= 15 is 0 Å². The van der Waals surface area contributed by atoms with Gasteiger partial charge < -0.3 is 0 Å². The van der Waals surface area contributed by atoms with Crippen LogP contribution in [0.2, 0.25) is 0 Å². The van der Waals surface area contributed by atoms with Gasteiger partial charge in [0.25, 0.3) is 0 Å². The average Bonchev–Trinajstić information content (AvgIpc) is 2.87. The van der Waals surface area contributed by atoms with Crippen LogP contribution in [0.15, 0.2) is 6.20 Å². The summed E-state index contributed by atoms with van der Waals surface area (Å²) in [7, 11) is 0. The molecule has 2 rings (SSSR count). The van der Waals surface area contributed by atoms with Gasteiger partial charge in [0.1, 0.15) is 5.82 Å². The number of hydrogen-bond acceptors (Lipinski definition) is 2. The monoisotopic (exact) mass is 176 g/mol. The molecule has 1 saturated carbocycles. The quantitative estimate of drug-likeness (QED) is 0.692. The fraction of sp³-hybridized carbons (Fsp3) is 0.636. The van der Waals surface area contributed by atoms with Crippen molar-refractivity contribution in [3.63, 3.8) is 0 Å². The summed E-state index contributed by atoms with van der Waals surface area (Å²) in [5, 5.41) is 0. The summed E-state index contributed by atoms with van der Waals surface area (Å²) in [6, 6.07) is 0. The van der Waals surface area contributed by atoms with Crippen LogP contribution >= 0.6 is 0 Å². The van der Waals surface area contributed by atoms with E-state index < -0.39 is 0 Å². The molecule has 0 spiro atoms. The molecule has 13 heavy (non-hydrogen) atoms. The normalized spacial score (nSPS) is 16.6. The highest BCUT2D eigenvalue weighted by atomic mass is 14.9. The minimum atomic E-state index is 0.514. The van der Waals surface area contributed by atoms with Gasteiger partial charge in [0.2, 0.25) is 0 Å². The third-order valence-electron chi connectivity index (χ3n) is 2.52. The molecule has 1 aliphatic carbocycles. The molecular formula is C11H16N2. The van der Waals surface area contributed by atoms with Crippen LogP contribution in [0.3, 0.4) is 0 Å². The van der Waals surface area contributed by atoms with E-state index in [2.05, 4.69) is 30.7 Å². The Morgan fingerprint density at radius 3 is 2.62 bits per heavy atom. The highest BCUT2D eigenvalue weighted by Gasteiger charge is 2.27. The van der Waals surface area contributed by atoms with E-state index in [0.717, 1.165) is 5.82 Å². The lowest BCUT2D eigenvalue weighted by atomic mass is 10.1. The van der Waals surface area contributed by atoms with Crippen LogP contribution in [0, 0.1) is 6.92 Å². The average molecular weight is 176 g/mol. The smallest absolute Gasteiger partial charge is 0.131 e. The van der Waals surface area contributed by atoms with Gasteiger partial charge >= 0.3 is 0 Å². The first-order valence-electron chi connectivity index (χ1n) is 5.02. The van der Waals surface area contributed by atoms with Crippen LogP contribution in [0.5, 0.6) is 0 Å². The van der Waals surface area contributed by atoms with E-state index in [4.69, 9.17) is 0 Å². The van der Waals surface area contributed by atoms with E-state index in [-0.39, 0.29) is 0 Å². The van der Waals surface area contributed by atoms with Crippen LogP contribution in [0.1, 0.15) is 55.6 Å². The molecule has 0 aliphatic heterocycles. The minimum Gasteiger partial charge on any atom is -0.241 e. The second-order valence-electron chi connectivity index (χ2n) is 4.23. The second kappa shape index (κ2) is 3.09. The molecule has 0 atom stereocenters. The standard InChI is InChI=1S/C11H16N2/c1-7(2)10-8(3)6-12-11(13-10)9-4-5-9/h6-7,9H,4-5H2,1-3H3. The molecule has 0 radical (unpaired) electrons. The zero-order valence-electron chi connectivity index (χ0n) is 8.54. The zero-order valence-corrected chi connectivity index (χ0v) is 8.54. The van der Waals surface area contributed by atoms with Gasteiger partial charge in [-0.15, -0.1) is 0 Å². The number of aromatic nitrogens is 2. The number of aryl methyl sites for hydroxylation is 1. The lowest BCUT2D eigenvalue weighted by molar-refractivity contribution is 0.771. The molecule has 1 fully saturated rings. The minimum absolute atomic E-state index is 0.514. The molecule has 1 heterocycles. The van der Waals surface area contributed by atoms with Gasteiger partial charge in [0, 0.05) is 17.8 Å². The summed E-state index contributed by atoms with van der Waals surface area (Å²) < 4.78 is 0. The Kier molecular flexibility index (Phi) is 2.06. The van der Waals surface area contributed by atoms with Crippen molar-refractivity contribution >= 4 is 0 Å². The predicted molar refractivity (Wildman–Crippen MR) is 52.8 cm³/mol.